The van der Waals surface area contributed by atoms with Gasteiger partial charge < -0.3 is 10.4 Å². The smallest absolute Gasteiger partial charge is 0.0541 e. The lowest BCUT2D eigenvalue weighted by atomic mass is 9.89. The van der Waals surface area contributed by atoms with Crippen LogP contribution in [0.3, 0.4) is 0 Å². The van der Waals surface area contributed by atoms with Crippen LogP contribution in [0.4, 0.5) is 0 Å². The van der Waals surface area contributed by atoms with Gasteiger partial charge in [-0.2, -0.15) is 0 Å². The van der Waals surface area contributed by atoms with E-state index >= 15 is 0 Å². The van der Waals surface area contributed by atoms with Crippen LogP contribution in [0.1, 0.15) is 51.4 Å². The third kappa shape index (κ3) is 2.07. The summed E-state index contributed by atoms with van der Waals surface area (Å²) in [6.07, 6.45) is 10.3. The number of nitrogens with one attached hydrogen (secondary N) is 1. The summed E-state index contributed by atoms with van der Waals surface area (Å²) >= 11 is 0. The quantitative estimate of drug-likeness (QED) is 0.729. The lowest BCUT2D eigenvalue weighted by molar-refractivity contribution is 0.111. The Morgan fingerprint density at radius 2 is 1.67 bits per heavy atom. The monoisotopic (exact) mass is 209 g/mol. The van der Waals surface area contributed by atoms with Crippen LogP contribution in [0.15, 0.2) is 0 Å². The minimum atomic E-state index is -0.0110. The van der Waals surface area contributed by atoms with Gasteiger partial charge in [0, 0.05) is 12.1 Å². The molecule has 0 amide bonds. The fraction of sp³-hybridized carbons (Fsp3) is 1.00. The van der Waals surface area contributed by atoms with Crippen molar-refractivity contribution in [2.24, 2.45) is 11.8 Å². The van der Waals surface area contributed by atoms with Crippen molar-refractivity contribution in [3.8, 4) is 0 Å². The number of hydrogen-bond donors (Lipinski definition) is 2. The molecule has 3 rings (SSSR count). The van der Waals surface area contributed by atoms with Gasteiger partial charge >= 0.3 is 0 Å². The minimum absolute atomic E-state index is 0.0110. The number of rotatable bonds is 2. The lowest BCUT2D eigenvalue weighted by Crippen LogP contribution is -2.43. The molecule has 0 heterocycles. The van der Waals surface area contributed by atoms with Gasteiger partial charge in [0.25, 0.3) is 0 Å². The Labute approximate surface area is 92.4 Å². The molecule has 0 aromatic rings. The topological polar surface area (TPSA) is 32.3 Å². The van der Waals surface area contributed by atoms with Gasteiger partial charge in [0.15, 0.2) is 0 Å². The van der Waals surface area contributed by atoms with E-state index in [-0.39, 0.29) is 6.10 Å². The van der Waals surface area contributed by atoms with Gasteiger partial charge in [-0.05, 0) is 56.8 Å². The molecule has 0 saturated heterocycles. The second-order valence-corrected chi connectivity index (χ2v) is 5.95. The molecule has 86 valence electrons. The van der Waals surface area contributed by atoms with E-state index in [0.29, 0.717) is 6.04 Å². The summed E-state index contributed by atoms with van der Waals surface area (Å²) in [5.41, 5.74) is 0. The first-order valence-corrected chi connectivity index (χ1v) is 6.75. The Kier molecular flexibility index (Phi) is 2.73. The van der Waals surface area contributed by atoms with E-state index in [4.69, 9.17) is 0 Å². The molecule has 3 unspecified atom stereocenters. The summed E-state index contributed by atoms with van der Waals surface area (Å²) in [6.45, 7) is 0. The highest BCUT2D eigenvalue weighted by Gasteiger charge is 2.40. The van der Waals surface area contributed by atoms with Crippen LogP contribution in [0.2, 0.25) is 0 Å². The Morgan fingerprint density at radius 3 is 2.27 bits per heavy atom. The molecular weight excluding hydrogens is 186 g/mol. The molecule has 0 aromatic heterocycles. The van der Waals surface area contributed by atoms with Gasteiger partial charge in [-0.15, -0.1) is 0 Å². The molecule has 3 atom stereocenters. The zero-order valence-corrected chi connectivity index (χ0v) is 9.49. The highest BCUT2D eigenvalue weighted by Crippen LogP contribution is 2.44. The number of hydrogen-bond acceptors (Lipinski definition) is 2. The van der Waals surface area contributed by atoms with Gasteiger partial charge in [-0.1, -0.05) is 6.42 Å². The fourth-order valence-electron chi connectivity index (χ4n) is 3.99. The first-order valence-electron chi connectivity index (χ1n) is 6.75. The van der Waals surface area contributed by atoms with Crippen LogP contribution in [-0.4, -0.2) is 23.3 Å². The molecule has 3 aliphatic carbocycles. The Bertz CT molecular complexity index is 223. The van der Waals surface area contributed by atoms with E-state index in [1.165, 1.54) is 38.5 Å². The van der Waals surface area contributed by atoms with E-state index in [9.17, 15) is 5.11 Å². The molecule has 2 bridgehead atoms. The first-order chi connectivity index (χ1) is 7.31. The summed E-state index contributed by atoms with van der Waals surface area (Å²) in [4.78, 5) is 0. The molecule has 3 fully saturated rings. The van der Waals surface area contributed by atoms with Crippen molar-refractivity contribution < 1.29 is 5.11 Å². The van der Waals surface area contributed by atoms with Crippen molar-refractivity contribution in [3.05, 3.63) is 0 Å². The maximum absolute atomic E-state index is 9.47. The molecule has 3 saturated carbocycles. The van der Waals surface area contributed by atoms with Crippen molar-refractivity contribution in [2.45, 2.75) is 69.6 Å². The molecule has 2 nitrogen and oxygen atoms in total. The van der Waals surface area contributed by atoms with Crippen LogP contribution in [-0.2, 0) is 0 Å². The van der Waals surface area contributed by atoms with Gasteiger partial charge in [0.2, 0.25) is 0 Å². The highest BCUT2D eigenvalue weighted by atomic mass is 16.3. The van der Waals surface area contributed by atoms with Gasteiger partial charge in [0.05, 0.1) is 6.10 Å². The number of aliphatic hydroxyl groups is 1. The van der Waals surface area contributed by atoms with Crippen molar-refractivity contribution in [3.63, 3.8) is 0 Å². The summed E-state index contributed by atoms with van der Waals surface area (Å²) < 4.78 is 0. The molecule has 2 heteroatoms. The molecule has 15 heavy (non-hydrogen) atoms. The highest BCUT2D eigenvalue weighted by molar-refractivity contribution is 4.95. The number of aliphatic hydroxyl groups excluding tert-OH is 1. The largest absolute Gasteiger partial charge is 0.393 e. The number of fused-ring (bicyclic) bond motifs is 2. The predicted molar refractivity (Wildman–Crippen MR) is 60.6 cm³/mol. The van der Waals surface area contributed by atoms with Crippen LogP contribution in [0.5, 0.6) is 0 Å². The average molecular weight is 209 g/mol. The zero-order chi connectivity index (χ0) is 10.3. The third-order valence-corrected chi connectivity index (χ3v) is 4.88. The molecular formula is C13H23NO. The molecule has 0 aromatic carbocycles. The van der Waals surface area contributed by atoms with E-state index in [1.807, 2.05) is 0 Å². The van der Waals surface area contributed by atoms with Gasteiger partial charge in [-0.3, -0.25) is 0 Å². The summed E-state index contributed by atoms with van der Waals surface area (Å²) in [5, 5.41) is 13.3. The van der Waals surface area contributed by atoms with Crippen LogP contribution in [0, 0.1) is 11.8 Å². The zero-order valence-electron chi connectivity index (χ0n) is 9.49. The fourth-order valence-corrected chi connectivity index (χ4v) is 3.99. The lowest BCUT2D eigenvalue weighted by Gasteiger charge is -2.32. The van der Waals surface area contributed by atoms with Crippen molar-refractivity contribution in [2.75, 3.05) is 0 Å². The normalized spacial score (nSPS) is 49.8. The molecule has 2 N–H and O–H groups in total. The average Bonchev–Trinajstić information content (AvgIpc) is 2.83. The van der Waals surface area contributed by atoms with Crippen LogP contribution in [0.25, 0.3) is 0 Å². The third-order valence-electron chi connectivity index (χ3n) is 4.88. The van der Waals surface area contributed by atoms with E-state index in [1.54, 1.807) is 0 Å². The van der Waals surface area contributed by atoms with Crippen LogP contribution >= 0.6 is 0 Å². The SMILES string of the molecule is OC1CCC(NC2CC3CCC2C3)CC1. The van der Waals surface area contributed by atoms with Crippen molar-refractivity contribution in [1.82, 2.24) is 5.32 Å². The molecule has 0 aliphatic heterocycles. The van der Waals surface area contributed by atoms with E-state index < -0.39 is 0 Å². The van der Waals surface area contributed by atoms with Gasteiger partial charge in [0.1, 0.15) is 0 Å². The van der Waals surface area contributed by atoms with E-state index in [0.717, 1.165) is 30.7 Å². The Hall–Kier alpha value is -0.0800. The predicted octanol–water partition coefficient (Wildman–Crippen LogP) is 2.07. The first kappa shape index (κ1) is 10.1. The van der Waals surface area contributed by atoms with E-state index in [2.05, 4.69) is 5.32 Å². The Balaban J connectivity index is 1.49. The Morgan fingerprint density at radius 1 is 0.867 bits per heavy atom. The minimum Gasteiger partial charge on any atom is -0.393 e. The van der Waals surface area contributed by atoms with Gasteiger partial charge in [-0.25, -0.2) is 0 Å². The standard InChI is InChI=1S/C13H23NO/c15-12-5-3-11(4-6-12)14-13-8-9-1-2-10(13)7-9/h9-15H,1-8H2. The van der Waals surface area contributed by atoms with Crippen molar-refractivity contribution in [1.29, 1.82) is 0 Å². The second kappa shape index (κ2) is 4.06. The second-order valence-electron chi connectivity index (χ2n) is 5.95. The van der Waals surface area contributed by atoms with Crippen LogP contribution < -0.4 is 5.32 Å². The maximum Gasteiger partial charge on any atom is 0.0541 e. The maximum atomic E-state index is 9.47. The molecule has 0 radical (unpaired) electrons. The molecule has 3 aliphatic rings. The summed E-state index contributed by atoms with van der Waals surface area (Å²) in [7, 11) is 0. The molecule has 0 spiro atoms. The summed E-state index contributed by atoms with van der Waals surface area (Å²) in [6, 6.07) is 1.53. The van der Waals surface area contributed by atoms with Crippen molar-refractivity contribution >= 4 is 0 Å². The summed E-state index contributed by atoms with van der Waals surface area (Å²) in [5.74, 6) is 2.03.